The van der Waals surface area contributed by atoms with Crippen LogP contribution in [0.15, 0.2) is 163 Å². The molecule has 12 rings (SSSR count). The summed E-state index contributed by atoms with van der Waals surface area (Å²) in [5.41, 5.74) is 3.80. The first-order valence-corrected chi connectivity index (χ1v) is 32.7. The molecule has 0 fully saturated rings. The van der Waals surface area contributed by atoms with Crippen LogP contribution in [0.3, 0.4) is 0 Å². The number of anilines is 6. The highest BCUT2D eigenvalue weighted by Gasteiger charge is 2.50. The van der Waals surface area contributed by atoms with Crippen molar-refractivity contribution in [1.82, 2.24) is 0 Å². The van der Waals surface area contributed by atoms with Gasteiger partial charge in [-0.25, -0.2) is 0 Å². The van der Waals surface area contributed by atoms with Crippen LogP contribution in [0.4, 0.5) is 34.1 Å². The number of aliphatic hydroxyl groups is 2. The molecule has 25 heteroatoms. The van der Waals surface area contributed by atoms with Crippen molar-refractivity contribution >= 4 is 197 Å². The van der Waals surface area contributed by atoms with Gasteiger partial charge in [-0.2, -0.15) is 0 Å². The van der Waals surface area contributed by atoms with Gasteiger partial charge in [0.2, 0.25) is 0 Å². The number of fused-ring (bicyclic) bond motifs is 4. The number of allylic oxidation sites excluding steroid dienone is 2. The number of hydrogen-bond donors (Lipinski definition) is 6. The summed E-state index contributed by atoms with van der Waals surface area (Å²) < 4.78 is 0. The van der Waals surface area contributed by atoms with Gasteiger partial charge in [-0.15, -0.1) is 11.8 Å². The Morgan fingerprint density at radius 2 is 0.726 bits per heavy atom. The molecular weight excluding hydrogens is 1400 g/mol. The lowest BCUT2D eigenvalue weighted by molar-refractivity contribution is -0.133. The second-order valence-corrected chi connectivity index (χ2v) is 26.3. The molecule has 0 aliphatic carbocycles. The fourth-order valence-electron chi connectivity index (χ4n) is 10.4. The van der Waals surface area contributed by atoms with Crippen LogP contribution in [0.2, 0.25) is 40.2 Å². The summed E-state index contributed by atoms with van der Waals surface area (Å²) in [4.78, 5) is 104. The number of hydrogen-bond acceptors (Lipinski definition) is 13. The molecule has 6 N–H and O–H groups in total. The average molecular weight is 1450 g/mol. The third-order valence-corrected chi connectivity index (χ3v) is 18.7. The number of benzene rings is 8. The zero-order valence-electron chi connectivity index (χ0n) is 50.9. The second-order valence-electron chi connectivity index (χ2n) is 22.2. The minimum absolute atomic E-state index is 0.149. The van der Waals surface area contributed by atoms with Gasteiger partial charge in [0.05, 0.1) is 76.9 Å². The van der Waals surface area contributed by atoms with Gasteiger partial charge >= 0.3 is 0 Å². The van der Waals surface area contributed by atoms with E-state index >= 15 is 0 Å². The van der Waals surface area contributed by atoms with E-state index < -0.39 is 47.7 Å². The molecule has 0 spiro atoms. The lowest BCUT2D eigenvalue weighted by atomic mass is 9.88. The maximum Gasteiger partial charge on any atom is 0.261 e. The summed E-state index contributed by atoms with van der Waals surface area (Å²) in [6.07, 6.45) is 3.71. The van der Waals surface area contributed by atoms with Crippen molar-refractivity contribution in [1.29, 1.82) is 0 Å². The number of Topliss-reactive ketones (excluding diaryl/α,β-unsaturated/α-hetero) is 2. The van der Waals surface area contributed by atoms with Crippen LogP contribution in [0.1, 0.15) is 82.1 Å². The third kappa shape index (κ3) is 15.2. The molecule has 486 valence electrons. The van der Waals surface area contributed by atoms with Gasteiger partial charge in [-0.1, -0.05) is 135 Å². The van der Waals surface area contributed by atoms with E-state index in [1.54, 1.807) is 96.7 Å². The summed E-state index contributed by atoms with van der Waals surface area (Å²) in [5, 5.41) is 34.4. The number of carbonyl (C=O) groups is 8. The lowest BCUT2D eigenvalue weighted by Gasteiger charge is -2.21. The molecule has 0 bridgehead atoms. The molecular formula is C70H54Cl8N6O10S. The fraction of sp³-hybridized carbons (Fsp3) is 0.143. The first kappa shape index (κ1) is 71.3. The van der Waals surface area contributed by atoms with Crippen LogP contribution in [-0.2, 0) is 30.4 Å². The molecule has 4 aliphatic rings. The SMILES string of the molecule is CN(C)c1ccc(C(=O)/C=C2/C(=O)Nc3c(Cl)ccc(Cl)c32)cc1.CN(C)c1ccc(C(=O)/C=C2\C(=O)Nc3c(Cl)ccc(Cl)c32)cc1.CSc1ccc(C(=O)CC2(O)C(=O)Nc3c(Cl)ccc(Cl)c32)cc1.Cc1ccc(C(=O)CC2(O)C(=O)Nc3c(Cl)ccc(Cl)c32)cc1. The zero-order valence-corrected chi connectivity index (χ0v) is 57.8. The minimum atomic E-state index is -2.04. The number of nitrogens with one attached hydrogen (secondary N) is 4. The van der Waals surface area contributed by atoms with Gasteiger partial charge in [-0.05, 0) is 135 Å². The van der Waals surface area contributed by atoms with Gasteiger partial charge < -0.3 is 41.3 Å². The molecule has 0 saturated heterocycles. The molecule has 0 saturated carbocycles. The molecule has 8 aromatic carbocycles. The van der Waals surface area contributed by atoms with Crippen molar-refractivity contribution in [2.75, 3.05) is 65.5 Å². The first-order valence-electron chi connectivity index (χ1n) is 28.4. The number of halogens is 8. The van der Waals surface area contributed by atoms with E-state index in [2.05, 4.69) is 21.3 Å². The van der Waals surface area contributed by atoms with E-state index in [0.717, 1.165) is 21.8 Å². The molecule has 4 amide bonds. The Morgan fingerprint density at radius 3 is 1.06 bits per heavy atom. The number of nitrogens with zero attached hydrogens (tertiary/aromatic N) is 2. The molecule has 4 heterocycles. The highest BCUT2D eigenvalue weighted by molar-refractivity contribution is 7.98. The van der Waals surface area contributed by atoms with Crippen molar-refractivity contribution in [3.8, 4) is 0 Å². The van der Waals surface area contributed by atoms with E-state index in [-0.39, 0.29) is 76.9 Å². The number of amides is 4. The van der Waals surface area contributed by atoms with Gasteiger partial charge in [0.15, 0.2) is 34.3 Å². The summed E-state index contributed by atoms with van der Waals surface area (Å²) in [7, 11) is 7.68. The van der Waals surface area contributed by atoms with Crippen molar-refractivity contribution in [3.05, 3.63) is 248 Å². The van der Waals surface area contributed by atoms with E-state index in [0.29, 0.717) is 64.8 Å². The molecule has 2 unspecified atom stereocenters. The van der Waals surface area contributed by atoms with Crippen LogP contribution in [0.5, 0.6) is 0 Å². The largest absolute Gasteiger partial charge is 0.378 e. The van der Waals surface area contributed by atoms with Crippen LogP contribution < -0.4 is 31.1 Å². The van der Waals surface area contributed by atoms with Crippen LogP contribution in [-0.4, -0.2) is 91.4 Å². The van der Waals surface area contributed by atoms with Crippen molar-refractivity contribution in [2.24, 2.45) is 0 Å². The number of rotatable bonds is 13. The van der Waals surface area contributed by atoms with Crippen molar-refractivity contribution in [2.45, 2.75) is 35.9 Å². The van der Waals surface area contributed by atoms with Gasteiger partial charge in [0.25, 0.3) is 23.6 Å². The molecule has 95 heavy (non-hydrogen) atoms. The summed E-state index contributed by atoms with van der Waals surface area (Å²) >= 11 is 50.4. The third-order valence-electron chi connectivity index (χ3n) is 15.5. The van der Waals surface area contributed by atoms with Gasteiger partial charge in [-0.3, -0.25) is 38.4 Å². The van der Waals surface area contributed by atoms with E-state index in [1.807, 2.05) is 87.6 Å². The number of aryl methyl sites for hydroxylation is 1. The summed E-state index contributed by atoms with van der Waals surface area (Å²) in [5.74, 6) is -3.44. The standard InChI is InChI=1S/2C18H14Cl2N2O2.C17H13Cl2NO3S.C17H13Cl2NO3/c2*1-22(2)11-5-3-10(4-6-11)15(23)9-12-16-13(19)7-8-14(20)17(16)21-18(12)24;1-24-10-4-2-9(3-5-10)13(21)8-17(23)14-11(18)6-7-12(19)15(14)20-16(17)22;1-9-2-4-10(5-3-9)13(21)8-17(23)14-11(18)6-7-12(19)15(14)20-16(17)22/h2*3-9H,1-2H3,(H,21,24);2-7,23H,8H2,1H3,(H,20,22);2-7,23H,8H2,1H3,(H,20,22)/b12-9+;12-9-;;. The van der Waals surface area contributed by atoms with Crippen LogP contribution in [0, 0.1) is 6.92 Å². The number of carbonyl (C=O) groups excluding carboxylic acids is 8. The van der Waals surface area contributed by atoms with Crippen LogP contribution >= 0.6 is 105 Å². The molecule has 16 nitrogen and oxygen atoms in total. The van der Waals surface area contributed by atoms with E-state index in [1.165, 1.54) is 36.4 Å². The van der Waals surface area contributed by atoms with E-state index in [4.69, 9.17) is 92.8 Å². The molecule has 0 aromatic heterocycles. The lowest BCUT2D eigenvalue weighted by Crippen LogP contribution is -2.36. The monoisotopic (exact) mass is 1450 g/mol. The first-order chi connectivity index (χ1) is 44.9. The number of ketones is 4. The molecule has 0 radical (unpaired) electrons. The molecule has 8 aromatic rings. The Labute approximate surface area is 590 Å². The Kier molecular flexibility index (Phi) is 22.2. The Morgan fingerprint density at radius 1 is 0.421 bits per heavy atom. The second kappa shape index (κ2) is 29.5. The Balaban J connectivity index is 0.000000149. The zero-order chi connectivity index (χ0) is 69.1. The highest BCUT2D eigenvalue weighted by Crippen LogP contribution is 2.49. The maximum absolute atomic E-state index is 12.5. The quantitative estimate of drug-likeness (QED) is 0.0359. The van der Waals surface area contributed by atoms with Crippen LogP contribution in [0.25, 0.3) is 11.1 Å². The van der Waals surface area contributed by atoms with Gasteiger partial charge in [0, 0.05) is 99.0 Å². The molecule has 2 atom stereocenters. The molecule has 4 aliphatic heterocycles. The van der Waals surface area contributed by atoms with Crippen molar-refractivity contribution in [3.63, 3.8) is 0 Å². The maximum atomic E-state index is 12.5. The predicted molar refractivity (Wildman–Crippen MR) is 382 cm³/mol. The smallest absolute Gasteiger partial charge is 0.261 e. The summed E-state index contributed by atoms with van der Waals surface area (Å²) in [6.45, 7) is 1.91. The fourth-order valence-corrected chi connectivity index (χ4v) is 12.7. The van der Waals surface area contributed by atoms with Gasteiger partial charge in [0.1, 0.15) is 0 Å². The predicted octanol–water partition coefficient (Wildman–Crippen LogP) is 16.4. The topological polar surface area (TPSA) is 232 Å². The highest BCUT2D eigenvalue weighted by atomic mass is 35.5. The van der Waals surface area contributed by atoms with E-state index in [9.17, 15) is 48.6 Å². The Bertz CT molecular complexity index is 4400. The Hall–Kier alpha value is -8.01. The normalized spacial score (nSPS) is 16.8. The van der Waals surface area contributed by atoms with Crippen molar-refractivity contribution < 1.29 is 48.6 Å². The average Bonchev–Trinajstić information content (AvgIpc) is 1.62. The number of thioether (sulfide) groups is 1. The summed E-state index contributed by atoms with van der Waals surface area (Å²) in [6, 6.07) is 40.6. The minimum Gasteiger partial charge on any atom is -0.378 e.